The highest BCUT2D eigenvalue weighted by Crippen LogP contribution is 2.31. The van der Waals surface area contributed by atoms with Gasteiger partial charge in [-0.2, -0.15) is 0 Å². The number of benzene rings is 2. The van der Waals surface area contributed by atoms with Crippen LogP contribution in [0.3, 0.4) is 0 Å². The Balaban J connectivity index is 0.000000214. The number of imide groups is 2. The molecule has 4 saturated heterocycles. The summed E-state index contributed by atoms with van der Waals surface area (Å²) in [6, 6.07) is 15.4. The van der Waals surface area contributed by atoms with Crippen LogP contribution < -0.4 is 21.3 Å². The first-order chi connectivity index (χ1) is 26.4. The van der Waals surface area contributed by atoms with Gasteiger partial charge in [0.15, 0.2) is 0 Å². The van der Waals surface area contributed by atoms with Gasteiger partial charge in [0.25, 0.3) is 0 Å². The van der Waals surface area contributed by atoms with Crippen molar-refractivity contribution in [1.82, 2.24) is 20.4 Å². The smallest absolute Gasteiger partial charge is 0.410 e. The molecule has 56 heavy (non-hydrogen) atoms. The number of piperidine rings is 4. The Hall–Kier alpha value is -5.14. The molecule has 14 heteroatoms. The Morgan fingerprint density at radius 2 is 0.875 bits per heavy atom. The average molecular weight is 775 g/mol. The summed E-state index contributed by atoms with van der Waals surface area (Å²) in [4.78, 5) is 74.1. The van der Waals surface area contributed by atoms with Crippen LogP contribution in [0, 0.1) is 0 Å². The predicted octanol–water partition coefficient (Wildman–Crippen LogP) is 6.04. The fourth-order valence-electron chi connectivity index (χ4n) is 7.21. The molecule has 4 N–H and O–H groups in total. The molecule has 4 heterocycles. The van der Waals surface area contributed by atoms with Crippen molar-refractivity contribution < 1.29 is 38.2 Å². The fraction of sp³-hybridized carbons (Fsp3) is 0.571. The first-order valence-corrected chi connectivity index (χ1v) is 19.8. The second-order valence-corrected chi connectivity index (χ2v) is 17.0. The minimum Gasteiger partial charge on any atom is -0.444 e. The molecule has 0 aromatic heterocycles. The summed E-state index contributed by atoms with van der Waals surface area (Å²) in [5, 5.41) is 11.1. The molecule has 0 bridgehead atoms. The van der Waals surface area contributed by atoms with Gasteiger partial charge in [-0.05, 0) is 127 Å². The van der Waals surface area contributed by atoms with Crippen LogP contribution in [0.15, 0.2) is 48.5 Å². The zero-order valence-electron chi connectivity index (χ0n) is 33.6. The number of likely N-dealkylation sites (tertiary alicyclic amines) is 2. The summed E-state index contributed by atoms with van der Waals surface area (Å²) in [7, 11) is 0. The van der Waals surface area contributed by atoms with E-state index in [1.165, 1.54) is 11.1 Å². The van der Waals surface area contributed by atoms with Crippen molar-refractivity contribution in [2.45, 2.75) is 128 Å². The summed E-state index contributed by atoms with van der Waals surface area (Å²) >= 11 is 0. The van der Waals surface area contributed by atoms with Crippen molar-refractivity contribution in [3.05, 3.63) is 59.7 Å². The van der Waals surface area contributed by atoms with E-state index in [0.29, 0.717) is 63.7 Å². The second kappa shape index (κ2) is 18.2. The van der Waals surface area contributed by atoms with Gasteiger partial charge in [0, 0.05) is 50.4 Å². The number of amides is 6. The van der Waals surface area contributed by atoms with Gasteiger partial charge < -0.3 is 29.9 Å². The molecule has 4 aliphatic heterocycles. The van der Waals surface area contributed by atoms with Crippen LogP contribution in [0.25, 0.3) is 0 Å². The number of nitrogens with one attached hydrogen (secondary N) is 4. The van der Waals surface area contributed by atoms with Crippen LogP contribution >= 0.6 is 0 Å². The van der Waals surface area contributed by atoms with Gasteiger partial charge in [0.2, 0.25) is 23.6 Å². The highest BCUT2D eigenvalue weighted by molar-refractivity contribution is 6.02. The normalized spacial score (nSPS) is 21.2. The molecule has 0 aliphatic carbocycles. The van der Waals surface area contributed by atoms with Crippen LogP contribution in [-0.4, -0.2) is 95.1 Å². The summed E-state index contributed by atoms with van der Waals surface area (Å²) in [6.45, 7) is 14.0. The minimum absolute atomic E-state index is 0.212. The number of hydrogen-bond donors (Lipinski definition) is 4. The van der Waals surface area contributed by atoms with Crippen molar-refractivity contribution in [1.29, 1.82) is 0 Å². The third-order valence-electron chi connectivity index (χ3n) is 10.2. The lowest BCUT2D eigenvalue weighted by Crippen LogP contribution is -2.47. The highest BCUT2D eigenvalue weighted by atomic mass is 16.6. The zero-order valence-corrected chi connectivity index (χ0v) is 33.6. The number of ether oxygens (including phenoxy) is 2. The Morgan fingerprint density at radius 1 is 0.554 bits per heavy atom. The Labute approximate surface area is 329 Å². The molecule has 4 aliphatic rings. The fourth-order valence-corrected chi connectivity index (χ4v) is 7.21. The van der Waals surface area contributed by atoms with E-state index in [4.69, 9.17) is 9.47 Å². The maximum atomic E-state index is 12.2. The van der Waals surface area contributed by atoms with Crippen LogP contribution in [0.5, 0.6) is 0 Å². The molecule has 304 valence electrons. The van der Waals surface area contributed by atoms with E-state index in [1.807, 2.05) is 65.8 Å². The molecule has 2 atom stereocenters. The maximum absolute atomic E-state index is 12.2. The van der Waals surface area contributed by atoms with Gasteiger partial charge in [-0.1, -0.05) is 24.3 Å². The summed E-state index contributed by atoms with van der Waals surface area (Å²) in [6.07, 6.45) is 4.86. The number of nitrogens with zero attached hydrogens (tertiary/aromatic N) is 2. The third kappa shape index (κ3) is 12.4. The Morgan fingerprint density at radius 3 is 1.16 bits per heavy atom. The van der Waals surface area contributed by atoms with Gasteiger partial charge >= 0.3 is 12.2 Å². The van der Waals surface area contributed by atoms with E-state index in [0.717, 1.165) is 37.1 Å². The lowest BCUT2D eigenvalue weighted by atomic mass is 9.89. The predicted molar refractivity (Wildman–Crippen MR) is 212 cm³/mol. The Bertz CT molecular complexity index is 1590. The molecule has 0 saturated carbocycles. The van der Waals surface area contributed by atoms with E-state index in [-0.39, 0.29) is 47.9 Å². The largest absolute Gasteiger partial charge is 0.444 e. The number of rotatable bonds is 6. The first kappa shape index (κ1) is 42.0. The first-order valence-electron chi connectivity index (χ1n) is 19.8. The minimum atomic E-state index is -0.473. The van der Waals surface area contributed by atoms with Gasteiger partial charge in [0.1, 0.15) is 23.3 Å². The van der Waals surface area contributed by atoms with E-state index < -0.39 is 11.2 Å². The van der Waals surface area contributed by atoms with Crippen LogP contribution in [-0.2, 0) is 28.7 Å². The molecule has 6 rings (SSSR count). The van der Waals surface area contributed by atoms with Crippen molar-refractivity contribution in [3.8, 4) is 0 Å². The van der Waals surface area contributed by atoms with Gasteiger partial charge in [0.05, 0.1) is 0 Å². The maximum Gasteiger partial charge on any atom is 0.410 e. The zero-order chi connectivity index (χ0) is 40.6. The van der Waals surface area contributed by atoms with E-state index >= 15 is 0 Å². The van der Waals surface area contributed by atoms with E-state index in [9.17, 15) is 28.8 Å². The van der Waals surface area contributed by atoms with Crippen molar-refractivity contribution in [2.75, 3.05) is 36.8 Å². The molecule has 0 radical (unpaired) electrons. The topological polar surface area (TPSA) is 175 Å². The van der Waals surface area contributed by atoms with Crippen molar-refractivity contribution in [3.63, 3.8) is 0 Å². The molecule has 4 fully saturated rings. The standard InChI is InChI=1S/2C21H29N3O4/c2*1-21(2,3)28-20(27)24-12-10-15(11-13-24)14-4-6-16(7-5-14)22-17-8-9-18(25)23-19(17)26/h2*4-7,15,17,22H,8-13H2,1-3H3,(H,23,25,26). The van der Waals surface area contributed by atoms with Crippen molar-refractivity contribution >= 4 is 47.2 Å². The molecule has 14 nitrogen and oxygen atoms in total. The highest BCUT2D eigenvalue weighted by Gasteiger charge is 2.31. The third-order valence-corrected chi connectivity index (χ3v) is 10.2. The van der Waals surface area contributed by atoms with Crippen LogP contribution in [0.2, 0.25) is 0 Å². The molecule has 2 aromatic rings. The Kier molecular flexibility index (Phi) is 13.7. The number of hydrogen-bond acceptors (Lipinski definition) is 10. The molecule has 2 aromatic carbocycles. The van der Waals surface area contributed by atoms with Gasteiger partial charge in [-0.3, -0.25) is 29.8 Å². The molecule has 2 unspecified atom stereocenters. The van der Waals surface area contributed by atoms with E-state index in [2.05, 4.69) is 45.5 Å². The summed E-state index contributed by atoms with van der Waals surface area (Å²) in [5.74, 6) is -0.149. The number of carbonyl (C=O) groups is 6. The summed E-state index contributed by atoms with van der Waals surface area (Å²) < 4.78 is 10.9. The molecule has 6 amide bonds. The number of anilines is 2. The average Bonchev–Trinajstić information content (AvgIpc) is 3.14. The van der Waals surface area contributed by atoms with Gasteiger partial charge in [-0.25, -0.2) is 9.59 Å². The molecular weight excluding hydrogens is 716 g/mol. The van der Waals surface area contributed by atoms with Crippen molar-refractivity contribution in [2.24, 2.45) is 0 Å². The quantitative estimate of drug-likeness (QED) is 0.254. The SMILES string of the molecule is CC(C)(C)OC(=O)N1CCC(c2ccc(NC3CCC(=O)NC3=O)cc2)CC1.CC(C)(C)OC(=O)N1CCC(c2ccc(NC3CCC(=O)NC3=O)cc2)CC1. The summed E-state index contributed by atoms with van der Waals surface area (Å²) in [5.41, 5.74) is 3.25. The van der Waals surface area contributed by atoms with E-state index in [1.54, 1.807) is 9.80 Å². The number of carbonyl (C=O) groups excluding carboxylic acids is 6. The van der Waals surface area contributed by atoms with Gasteiger partial charge in [-0.15, -0.1) is 0 Å². The lowest BCUT2D eigenvalue weighted by Gasteiger charge is -2.33. The molecular formula is C42H58N6O8. The second-order valence-electron chi connectivity index (χ2n) is 17.0. The van der Waals surface area contributed by atoms with Crippen LogP contribution in [0.4, 0.5) is 21.0 Å². The lowest BCUT2D eigenvalue weighted by molar-refractivity contribution is -0.135. The monoisotopic (exact) mass is 774 g/mol. The van der Waals surface area contributed by atoms with Crippen LogP contribution in [0.1, 0.15) is 116 Å². The molecule has 0 spiro atoms.